The van der Waals surface area contributed by atoms with Gasteiger partial charge in [-0.3, -0.25) is 4.79 Å². The molecular weight excluding hydrogens is 340 g/mol. The number of aromatic nitrogens is 1. The van der Waals surface area contributed by atoms with E-state index < -0.39 is 0 Å². The Bertz CT molecular complexity index is 857. The van der Waals surface area contributed by atoms with Gasteiger partial charge in [-0.25, -0.2) is 0 Å². The molecular formula is C19H17ClN2O3. The number of ketones is 1. The van der Waals surface area contributed by atoms with Crippen molar-refractivity contribution in [3.05, 3.63) is 76.5 Å². The van der Waals surface area contributed by atoms with Crippen LogP contribution in [0.1, 0.15) is 34.1 Å². The fourth-order valence-corrected chi connectivity index (χ4v) is 2.64. The zero-order valence-corrected chi connectivity index (χ0v) is 14.3. The van der Waals surface area contributed by atoms with Crippen LogP contribution in [0.2, 0.25) is 5.02 Å². The van der Waals surface area contributed by atoms with Crippen LogP contribution in [0, 0.1) is 6.92 Å². The summed E-state index contributed by atoms with van der Waals surface area (Å²) in [5.41, 5.74) is 1.45. The fourth-order valence-electron chi connectivity index (χ4n) is 2.51. The highest BCUT2D eigenvalue weighted by Crippen LogP contribution is 2.26. The molecule has 2 aromatic carbocycles. The molecule has 0 saturated carbocycles. The number of anilines is 1. The predicted molar refractivity (Wildman–Crippen MR) is 96.1 cm³/mol. The summed E-state index contributed by atoms with van der Waals surface area (Å²) in [5, 5.41) is 17.2. The minimum absolute atomic E-state index is 0.0255. The van der Waals surface area contributed by atoms with Gasteiger partial charge in [0.05, 0.1) is 6.04 Å². The first-order chi connectivity index (χ1) is 12.0. The molecule has 3 rings (SSSR count). The maximum Gasteiger partial charge on any atom is 0.170 e. The van der Waals surface area contributed by atoms with Gasteiger partial charge in [-0.1, -0.05) is 28.9 Å². The van der Waals surface area contributed by atoms with E-state index in [0.29, 0.717) is 22.2 Å². The Kier molecular flexibility index (Phi) is 5.05. The van der Waals surface area contributed by atoms with E-state index in [4.69, 9.17) is 16.1 Å². The van der Waals surface area contributed by atoms with Gasteiger partial charge in [-0.2, -0.15) is 0 Å². The Morgan fingerprint density at radius 1 is 1.20 bits per heavy atom. The molecule has 1 heterocycles. The van der Waals surface area contributed by atoms with Crippen molar-refractivity contribution in [2.75, 3.05) is 5.32 Å². The molecule has 1 aromatic heterocycles. The first-order valence-electron chi connectivity index (χ1n) is 7.79. The SMILES string of the molecule is Cc1cc(NC(CC(=O)c2ccc(Cl)cc2)c2ccc(O)cc2)no1. The van der Waals surface area contributed by atoms with Gasteiger partial charge in [0.15, 0.2) is 11.6 Å². The van der Waals surface area contributed by atoms with E-state index in [9.17, 15) is 9.90 Å². The third-order valence-corrected chi connectivity index (χ3v) is 4.05. The summed E-state index contributed by atoms with van der Waals surface area (Å²) in [6.45, 7) is 1.80. The molecule has 0 spiro atoms. The number of carbonyl (C=O) groups excluding carboxylic acids is 1. The van der Waals surface area contributed by atoms with Crippen LogP contribution in [0.5, 0.6) is 5.75 Å². The van der Waals surface area contributed by atoms with Crippen LogP contribution in [0.3, 0.4) is 0 Å². The molecule has 1 unspecified atom stereocenters. The molecule has 0 amide bonds. The molecule has 0 aliphatic rings. The van der Waals surface area contributed by atoms with Crippen molar-refractivity contribution in [2.24, 2.45) is 0 Å². The van der Waals surface area contributed by atoms with Crippen LogP contribution in [0.4, 0.5) is 5.82 Å². The van der Waals surface area contributed by atoms with Gasteiger partial charge in [0.25, 0.3) is 0 Å². The Labute approximate surface area is 150 Å². The van der Waals surface area contributed by atoms with Crippen molar-refractivity contribution in [1.82, 2.24) is 5.16 Å². The van der Waals surface area contributed by atoms with Crippen LogP contribution in [0.15, 0.2) is 59.1 Å². The van der Waals surface area contributed by atoms with Crippen LogP contribution in [0.25, 0.3) is 0 Å². The average molecular weight is 357 g/mol. The van der Waals surface area contributed by atoms with E-state index in [2.05, 4.69) is 10.5 Å². The molecule has 6 heteroatoms. The first kappa shape index (κ1) is 17.0. The molecule has 0 aliphatic carbocycles. The number of nitrogens with zero attached hydrogens (tertiary/aromatic N) is 1. The number of benzene rings is 2. The van der Waals surface area contributed by atoms with Crippen LogP contribution >= 0.6 is 11.6 Å². The number of carbonyl (C=O) groups is 1. The van der Waals surface area contributed by atoms with Gasteiger partial charge in [-0.15, -0.1) is 0 Å². The fraction of sp³-hybridized carbons (Fsp3) is 0.158. The van der Waals surface area contributed by atoms with Crippen LogP contribution < -0.4 is 5.32 Å². The summed E-state index contributed by atoms with van der Waals surface area (Å²) < 4.78 is 5.07. The Morgan fingerprint density at radius 2 is 1.88 bits per heavy atom. The molecule has 3 aromatic rings. The minimum Gasteiger partial charge on any atom is -0.508 e. The topological polar surface area (TPSA) is 75.4 Å². The van der Waals surface area contributed by atoms with Gasteiger partial charge < -0.3 is 14.9 Å². The molecule has 2 N–H and O–H groups in total. The number of rotatable bonds is 6. The molecule has 0 fully saturated rings. The lowest BCUT2D eigenvalue weighted by atomic mass is 9.97. The number of hydrogen-bond donors (Lipinski definition) is 2. The minimum atomic E-state index is -0.312. The third kappa shape index (κ3) is 4.39. The lowest BCUT2D eigenvalue weighted by Gasteiger charge is -2.18. The van der Waals surface area contributed by atoms with Crippen molar-refractivity contribution >= 4 is 23.2 Å². The van der Waals surface area contributed by atoms with Crippen molar-refractivity contribution in [1.29, 1.82) is 0 Å². The molecule has 128 valence electrons. The summed E-state index contributed by atoms with van der Waals surface area (Å²) in [6, 6.07) is 15.0. The number of phenolic OH excluding ortho intramolecular Hbond substituents is 1. The number of phenols is 1. The van der Waals surface area contributed by atoms with Gasteiger partial charge >= 0.3 is 0 Å². The Balaban J connectivity index is 1.83. The predicted octanol–water partition coefficient (Wildman–Crippen LogP) is 4.77. The van der Waals surface area contributed by atoms with Gasteiger partial charge in [-0.05, 0) is 48.9 Å². The van der Waals surface area contributed by atoms with Gasteiger partial charge in [0.2, 0.25) is 0 Å². The highest BCUT2D eigenvalue weighted by Gasteiger charge is 2.19. The van der Waals surface area contributed by atoms with E-state index >= 15 is 0 Å². The lowest BCUT2D eigenvalue weighted by molar-refractivity contribution is 0.0976. The van der Waals surface area contributed by atoms with E-state index in [0.717, 1.165) is 5.56 Å². The quantitative estimate of drug-likeness (QED) is 0.622. The highest BCUT2D eigenvalue weighted by atomic mass is 35.5. The van der Waals surface area contributed by atoms with Crippen molar-refractivity contribution in [3.63, 3.8) is 0 Å². The summed E-state index contributed by atoms with van der Waals surface area (Å²) >= 11 is 5.88. The largest absolute Gasteiger partial charge is 0.508 e. The monoisotopic (exact) mass is 356 g/mol. The second-order valence-corrected chi connectivity index (χ2v) is 6.18. The van der Waals surface area contributed by atoms with E-state index in [1.54, 1.807) is 61.5 Å². The zero-order chi connectivity index (χ0) is 17.8. The number of halogens is 1. The molecule has 1 atom stereocenters. The lowest BCUT2D eigenvalue weighted by Crippen LogP contribution is -2.16. The number of nitrogens with one attached hydrogen (secondary N) is 1. The molecule has 5 nitrogen and oxygen atoms in total. The van der Waals surface area contributed by atoms with E-state index in [1.807, 2.05) is 0 Å². The summed E-state index contributed by atoms with van der Waals surface area (Å²) in [7, 11) is 0. The Hall–Kier alpha value is -2.79. The standard InChI is InChI=1S/C19H17ClN2O3/c1-12-10-19(22-25-12)21-17(13-4-8-16(23)9-5-13)11-18(24)14-2-6-15(20)7-3-14/h2-10,17,23H,11H2,1H3,(H,21,22). The highest BCUT2D eigenvalue weighted by molar-refractivity contribution is 6.30. The molecule has 25 heavy (non-hydrogen) atoms. The third-order valence-electron chi connectivity index (χ3n) is 3.80. The molecule has 0 saturated heterocycles. The van der Waals surface area contributed by atoms with Crippen molar-refractivity contribution in [3.8, 4) is 5.75 Å². The smallest absolute Gasteiger partial charge is 0.170 e. The number of aromatic hydroxyl groups is 1. The Morgan fingerprint density at radius 3 is 2.48 bits per heavy atom. The second kappa shape index (κ2) is 7.40. The van der Waals surface area contributed by atoms with E-state index in [-0.39, 0.29) is 24.0 Å². The summed E-state index contributed by atoms with van der Waals surface area (Å²) in [4.78, 5) is 12.6. The summed E-state index contributed by atoms with van der Waals surface area (Å²) in [6.07, 6.45) is 0.221. The maximum atomic E-state index is 12.6. The number of aryl methyl sites for hydroxylation is 1. The molecule has 0 aliphatic heterocycles. The van der Waals surface area contributed by atoms with Gasteiger partial charge in [0.1, 0.15) is 11.5 Å². The average Bonchev–Trinajstić information content (AvgIpc) is 3.00. The van der Waals surface area contributed by atoms with E-state index in [1.165, 1.54) is 0 Å². The first-order valence-corrected chi connectivity index (χ1v) is 8.16. The number of Topliss-reactive ketones (excluding diaryl/α,β-unsaturated/α-hetero) is 1. The molecule has 0 bridgehead atoms. The van der Waals surface area contributed by atoms with Crippen LogP contribution in [-0.2, 0) is 0 Å². The van der Waals surface area contributed by atoms with Crippen LogP contribution in [-0.4, -0.2) is 16.0 Å². The zero-order valence-electron chi connectivity index (χ0n) is 13.6. The number of hydrogen-bond acceptors (Lipinski definition) is 5. The molecule has 0 radical (unpaired) electrons. The summed E-state index contributed by atoms with van der Waals surface area (Å²) in [5.74, 6) is 1.38. The normalized spacial score (nSPS) is 11.9. The van der Waals surface area contributed by atoms with Gasteiger partial charge in [0, 0.05) is 23.1 Å². The van der Waals surface area contributed by atoms with Crippen molar-refractivity contribution in [2.45, 2.75) is 19.4 Å². The maximum absolute atomic E-state index is 12.6. The van der Waals surface area contributed by atoms with Crippen molar-refractivity contribution < 1.29 is 14.4 Å². The second-order valence-electron chi connectivity index (χ2n) is 5.75.